The van der Waals surface area contributed by atoms with Crippen LogP contribution in [-0.4, -0.2) is 15.3 Å². The number of halogens is 2. The van der Waals surface area contributed by atoms with Crippen molar-refractivity contribution >= 4 is 11.6 Å². The first-order valence-electron chi connectivity index (χ1n) is 6.97. The molecule has 2 rings (SSSR count). The first-order chi connectivity index (χ1) is 9.76. The predicted molar refractivity (Wildman–Crippen MR) is 84.1 cm³/mol. The molecular weight excluding hydrogens is 289 g/mol. The molecule has 5 heteroatoms. The molecule has 0 aliphatic heterocycles. The molecule has 0 aliphatic rings. The van der Waals surface area contributed by atoms with Crippen LogP contribution in [0.2, 0.25) is 5.02 Å². The molecule has 0 fully saturated rings. The lowest BCUT2D eigenvalue weighted by molar-refractivity contribution is 0.423. The lowest BCUT2D eigenvalue weighted by atomic mass is 10.1. The summed E-state index contributed by atoms with van der Waals surface area (Å²) >= 11 is 5.98. The number of rotatable bonds is 4. The minimum Gasteiger partial charge on any atom is -0.308 e. The van der Waals surface area contributed by atoms with Gasteiger partial charge >= 0.3 is 0 Å². The third-order valence-corrected chi connectivity index (χ3v) is 3.64. The number of benzene rings is 1. The van der Waals surface area contributed by atoms with Crippen molar-refractivity contribution in [3.8, 4) is 0 Å². The fourth-order valence-electron chi connectivity index (χ4n) is 2.02. The van der Waals surface area contributed by atoms with Crippen molar-refractivity contribution in [2.24, 2.45) is 0 Å². The molecular formula is C16H21ClFN3. The van der Waals surface area contributed by atoms with Crippen LogP contribution in [0.4, 0.5) is 4.39 Å². The summed E-state index contributed by atoms with van der Waals surface area (Å²) in [6.07, 6.45) is 1.98. The highest BCUT2D eigenvalue weighted by Gasteiger charge is 2.12. The maximum Gasteiger partial charge on any atom is 0.142 e. The third kappa shape index (κ3) is 4.29. The van der Waals surface area contributed by atoms with E-state index in [1.54, 1.807) is 10.7 Å². The normalized spacial score (nSPS) is 11.9. The molecule has 0 spiro atoms. The summed E-state index contributed by atoms with van der Waals surface area (Å²) in [7, 11) is 0. The first-order valence-corrected chi connectivity index (χ1v) is 7.35. The lowest BCUT2D eigenvalue weighted by Crippen LogP contribution is -2.35. The Kier molecular flexibility index (Phi) is 4.69. The number of nitrogens with one attached hydrogen (secondary N) is 1. The van der Waals surface area contributed by atoms with Crippen LogP contribution in [0.5, 0.6) is 0 Å². The van der Waals surface area contributed by atoms with Crippen LogP contribution in [0.25, 0.3) is 0 Å². The summed E-state index contributed by atoms with van der Waals surface area (Å²) in [6.45, 7) is 9.57. The minimum absolute atomic E-state index is 0.0560. The van der Waals surface area contributed by atoms with Crippen LogP contribution < -0.4 is 5.32 Å². The fraction of sp³-hybridized carbons (Fsp3) is 0.438. The van der Waals surface area contributed by atoms with Gasteiger partial charge in [-0.15, -0.1) is 0 Å². The largest absolute Gasteiger partial charge is 0.308 e. The van der Waals surface area contributed by atoms with Gasteiger partial charge in [0.25, 0.3) is 0 Å². The standard InChI is InChI=1S/C16H21ClFN3/c1-11-13(8-19-16(2,3)4)10-21(20-11)9-12-6-5-7-14(18)15(12)17/h5-7,10,19H,8-9H2,1-4H3. The third-order valence-electron chi connectivity index (χ3n) is 3.22. The highest BCUT2D eigenvalue weighted by Crippen LogP contribution is 2.21. The summed E-state index contributed by atoms with van der Waals surface area (Å²) in [5.41, 5.74) is 2.90. The number of aryl methyl sites for hydroxylation is 1. The molecule has 1 aromatic heterocycles. The van der Waals surface area contributed by atoms with Gasteiger partial charge in [0.2, 0.25) is 0 Å². The first kappa shape index (κ1) is 16.0. The summed E-state index contributed by atoms with van der Waals surface area (Å²) in [5, 5.41) is 8.08. The molecule has 3 nitrogen and oxygen atoms in total. The second kappa shape index (κ2) is 6.16. The van der Waals surface area contributed by atoms with Crippen LogP contribution >= 0.6 is 11.6 Å². The van der Waals surface area contributed by atoms with Crippen molar-refractivity contribution in [3.63, 3.8) is 0 Å². The van der Waals surface area contributed by atoms with Gasteiger partial charge in [0, 0.05) is 23.8 Å². The highest BCUT2D eigenvalue weighted by atomic mass is 35.5. The Morgan fingerprint density at radius 3 is 2.67 bits per heavy atom. The average molecular weight is 310 g/mol. The Morgan fingerprint density at radius 2 is 2.00 bits per heavy atom. The van der Waals surface area contributed by atoms with Crippen LogP contribution in [0.15, 0.2) is 24.4 Å². The van der Waals surface area contributed by atoms with E-state index in [0.717, 1.165) is 23.4 Å². The van der Waals surface area contributed by atoms with Gasteiger partial charge in [0.05, 0.1) is 17.3 Å². The van der Waals surface area contributed by atoms with Crippen LogP contribution in [0.3, 0.4) is 0 Å². The van der Waals surface area contributed by atoms with E-state index < -0.39 is 5.82 Å². The second-order valence-corrected chi connectivity index (χ2v) is 6.63. The molecule has 1 heterocycles. The molecule has 0 radical (unpaired) electrons. The van der Waals surface area contributed by atoms with E-state index in [0.29, 0.717) is 6.54 Å². The molecule has 2 aromatic rings. The maximum atomic E-state index is 13.4. The van der Waals surface area contributed by atoms with Crippen molar-refractivity contribution in [2.45, 2.75) is 46.3 Å². The molecule has 114 valence electrons. The van der Waals surface area contributed by atoms with Crippen molar-refractivity contribution in [3.05, 3.63) is 52.1 Å². The zero-order valence-corrected chi connectivity index (χ0v) is 13.6. The quantitative estimate of drug-likeness (QED) is 0.927. The van der Waals surface area contributed by atoms with Crippen molar-refractivity contribution in [1.29, 1.82) is 0 Å². The van der Waals surface area contributed by atoms with E-state index in [1.165, 1.54) is 6.07 Å². The van der Waals surface area contributed by atoms with Crippen molar-refractivity contribution < 1.29 is 4.39 Å². The van der Waals surface area contributed by atoms with Gasteiger partial charge in [-0.3, -0.25) is 4.68 Å². The van der Waals surface area contributed by atoms with Gasteiger partial charge < -0.3 is 5.32 Å². The molecule has 0 bridgehead atoms. The Hall–Kier alpha value is -1.39. The minimum atomic E-state index is -0.396. The summed E-state index contributed by atoms with van der Waals surface area (Å²) < 4.78 is 15.2. The van der Waals surface area contributed by atoms with E-state index in [-0.39, 0.29) is 10.6 Å². The molecule has 0 amide bonds. The summed E-state index contributed by atoms with van der Waals surface area (Å²) in [4.78, 5) is 0. The Bertz CT molecular complexity index is 629. The second-order valence-electron chi connectivity index (χ2n) is 6.25. The lowest BCUT2D eigenvalue weighted by Gasteiger charge is -2.20. The zero-order valence-electron chi connectivity index (χ0n) is 12.9. The van der Waals surface area contributed by atoms with Gasteiger partial charge in [0.1, 0.15) is 5.82 Å². The van der Waals surface area contributed by atoms with Gasteiger partial charge in [-0.2, -0.15) is 5.10 Å². The van der Waals surface area contributed by atoms with E-state index in [9.17, 15) is 4.39 Å². The van der Waals surface area contributed by atoms with E-state index in [4.69, 9.17) is 11.6 Å². The topological polar surface area (TPSA) is 29.9 Å². The summed E-state index contributed by atoms with van der Waals surface area (Å²) in [6, 6.07) is 4.84. The Morgan fingerprint density at radius 1 is 1.29 bits per heavy atom. The average Bonchev–Trinajstić information content (AvgIpc) is 2.72. The Labute approximate surface area is 130 Å². The van der Waals surface area contributed by atoms with Crippen LogP contribution in [0.1, 0.15) is 37.6 Å². The number of nitrogens with zero attached hydrogens (tertiary/aromatic N) is 2. The zero-order chi connectivity index (χ0) is 15.6. The smallest absolute Gasteiger partial charge is 0.142 e. The number of aromatic nitrogens is 2. The van der Waals surface area contributed by atoms with E-state index in [1.807, 2.05) is 19.2 Å². The monoisotopic (exact) mass is 309 g/mol. The fourth-order valence-corrected chi connectivity index (χ4v) is 2.20. The molecule has 21 heavy (non-hydrogen) atoms. The van der Waals surface area contributed by atoms with Gasteiger partial charge in [-0.25, -0.2) is 4.39 Å². The van der Waals surface area contributed by atoms with Crippen molar-refractivity contribution in [2.75, 3.05) is 0 Å². The SMILES string of the molecule is Cc1nn(Cc2cccc(F)c2Cl)cc1CNC(C)(C)C. The molecule has 1 aromatic carbocycles. The molecule has 0 saturated heterocycles. The summed E-state index contributed by atoms with van der Waals surface area (Å²) in [5.74, 6) is -0.396. The predicted octanol–water partition coefficient (Wildman–Crippen LogP) is 3.92. The number of hydrogen-bond donors (Lipinski definition) is 1. The van der Waals surface area contributed by atoms with Gasteiger partial charge in [-0.1, -0.05) is 23.7 Å². The van der Waals surface area contributed by atoms with Gasteiger partial charge in [0.15, 0.2) is 0 Å². The van der Waals surface area contributed by atoms with E-state index in [2.05, 4.69) is 31.2 Å². The molecule has 0 unspecified atom stereocenters. The van der Waals surface area contributed by atoms with Gasteiger partial charge in [-0.05, 0) is 39.3 Å². The number of hydrogen-bond acceptors (Lipinski definition) is 2. The molecule has 0 atom stereocenters. The van der Waals surface area contributed by atoms with E-state index >= 15 is 0 Å². The Balaban J connectivity index is 2.13. The maximum absolute atomic E-state index is 13.4. The van der Waals surface area contributed by atoms with Crippen LogP contribution in [-0.2, 0) is 13.1 Å². The molecule has 1 N–H and O–H groups in total. The highest BCUT2D eigenvalue weighted by molar-refractivity contribution is 6.31. The molecule has 0 saturated carbocycles. The van der Waals surface area contributed by atoms with Crippen LogP contribution in [0, 0.1) is 12.7 Å². The molecule has 0 aliphatic carbocycles. The van der Waals surface area contributed by atoms with Crippen molar-refractivity contribution in [1.82, 2.24) is 15.1 Å².